The molecule has 3 aromatic heterocycles. The number of aromatic nitrogens is 3. The summed E-state index contributed by atoms with van der Waals surface area (Å²) >= 11 is 0. The van der Waals surface area contributed by atoms with Gasteiger partial charge in [-0.25, -0.2) is 4.98 Å². The van der Waals surface area contributed by atoms with E-state index in [0.717, 1.165) is 71.9 Å². The van der Waals surface area contributed by atoms with Crippen molar-refractivity contribution < 1.29 is 34.5 Å². The molecule has 1 aliphatic heterocycles. The first-order valence-corrected chi connectivity index (χ1v) is 19.7. The molecule has 4 heterocycles. The van der Waals surface area contributed by atoms with Crippen LogP contribution in [0.2, 0.25) is 0 Å². The van der Waals surface area contributed by atoms with Crippen LogP contribution in [0.4, 0.5) is 17.1 Å². The molecular weight excluding hydrogens is 918 g/mol. The number of hydrogen-bond acceptors (Lipinski definition) is 3. The van der Waals surface area contributed by atoms with Gasteiger partial charge in [0.25, 0.3) is 0 Å². The van der Waals surface area contributed by atoms with E-state index in [9.17, 15) is 0 Å². The standard InChI is InChI=1S/C53H39N5O.Pt/c1-53(2,3)35-29-30-54-51(31-35)57-46-23-10-6-19-41(46)43-28-27-38(33-50(43)57)59-37-16-13-15-36(32-37)56-34-55(4)49-26-14-21-44-42-20-8-12-25-48(42)58(52(44)49)47-24-11-7-18-40(47)39-17-5-9-22-45(39)56;/h5-31H,1-4H3;/q-2;/i4D3;. The van der Waals surface area contributed by atoms with Gasteiger partial charge in [0.2, 0.25) is 6.34 Å². The number of benzene rings is 7. The van der Waals surface area contributed by atoms with E-state index >= 15 is 0 Å². The summed E-state index contributed by atoms with van der Waals surface area (Å²) in [6.07, 6.45) is 5.23. The summed E-state index contributed by atoms with van der Waals surface area (Å²) in [5, 5.41) is 4.08. The summed E-state index contributed by atoms with van der Waals surface area (Å²) in [5.74, 6) is 1.72. The molecule has 0 spiro atoms. The first-order valence-electron chi connectivity index (χ1n) is 21.2. The Labute approximate surface area is 367 Å². The quantitative estimate of drug-likeness (QED) is 0.130. The molecule has 0 aliphatic carbocycles. The van der Waals surface area contributed by atoms with Crippen LogP contribution in [-0.4, -0.2) is 32.0 Å². The van der Waals surface area contributed by atoms with Crippen molar-refractivity contribution in [1.29, 1.82) is 0 Å². The number of anilines is 2. The van der Waals surface area contributed by atoms with Gasteiger partial charge in [-0.3, -0.25) is 0 Å². The van der Waals surface area contributed by atoms with E-state index in [1.165, 1.54) is 10.1 Å². The maximum atomic E-state index is 8.98. The molecule has 0 saturated carbocycles. The van der Waals surface area contributed by atoms with Gasteiger partial charge in [0.15, 0.2) is 0 Å². The minimum absolute atomic E-state index is 0. The zero-order valence-corrected chi connectivity index (χ0v) is 35.3. The van der Waals surface area contributed by atoms with Crippen molar-refractivity contribution in [3.63, 3.8) is 0 Å². The van der Waals surface area contributed by atoms with Gasteiger partial charge < -0.3 is 23.3 Å². The van der Waals surface area contributed by atoms with Crippen molar-refractivity contribution in [3.05, 3.63) is 182 Å². The van der Waals surface area contributed by atoms with Crippen LogP contribution in [0.15, 0.2) is 164 Å². The van der Waals surface area contributed by atoms with Crippen molar-refractivity contribution in [2.75, 3.05) is 11.9 Å². The van der Waals surface area contributed by atoms with Gasteiger partial charge in [-0.15, -0.1) is 29.7 Å². The number of ether oxygens (including phenoxy) is 1. The number of rotatable bonds is 4. The van der Waals surface area contributed by atoms with Gasteiger partial charge in [-0.1, -0.05) is 129 Å². The van der Waals surface area contributed by atoms with Gasteiger partial charge in [-0.2, -0.15) is 18.2 Å². The third-order valence-electron chi connectivity index (χ3n) is 11.3. The summed E-state index contributed by atoms with van der Waals surface area (Å²) in [6.45, 7) is 3.97. The second-order valence-corrected chi connectivity index (χ2v) is 15.9. The first kappa shape index (κ1) is 34.1. The van der Waals surface area contributed by atoms with E-state index in [0.29, 0.717) is 22.9 Å². The summed E-state index contributed by atoms with van der Waals surface area (Å²) < 4.78 is 39.2. The molecule has 1 aliphatic rings. The minimum Gasteiger partial charge on any atom is -0.510 e. The summed E-state index contributed by atoms with van der Waals surface area (Å²) in [6, 6.07) is 59.5. The van der Waals surface area contributed by atoms with Gasteiger partial charge in [0.05, 0.1) is 39.2 Å². The molecule has 6 nitrogen and oxygen atoms in total. The summed E-state index contributed by atoms with van der Waals surface area (Å²) in [7, 11) is 0. The third kappa shape index (κ3) is 6.05. The third-order valence-corrected chi connectivity index (χ3v) is 11.3. The number of fused-ring (bicyclic) bond motifs is 10. The topological polar surface area (TPSA) is 38.2 Å². The molecule has 0 atom stereocenters. The maximum Gasteiger partial charge on any atom is 0.243 e. The molecular formula is C53H39N5OPt-2. The van der Waals surface area contributed by atoms with Crippen LogP contribution in [0, 0.1) is 12.1 Å². The van der Waals surface area contributed by atoms with Crippen LogP contribution >= 0.6 is 0 Å². The zero-order valence-electron chi connectivity index (χ0n) is 36.0. The number of pyridine rings is 1. The average molecular weight is 960 g/mol. The Morgan fingerprint density at radius 2 is 1.27 bits per heavy atom. The van der Waals surface area contributed by atoms with E-state index < -0.39 is 6.98 Å². The van der Waals surface area contributed by atoms with Crippen LogP contribution in [0.1, 0.15) is 30.4 Å². The van der Waals surface area contributed by atoms with Crippen molar-refractivity contribution in [1.82, 2.24) is 14.1 Å². The Kier molecular flexibility index (Phi) is 8.26. The minimum atomic E-state index is -2.63. The summed E-state index contributed by atoms with van der Waals surface area (Å²) in [4.78, 5) is 6.61. The van der Waals surface area contributed by atoms with Crippen molar-refractivity contribution in [3.8, 4) is 34.1 Å². The first-order chi connectivity index (χ1) is 30.0. The molecule has 0 amide bonds. The Morgan fingerprint density at radius 3 is 2.05 bits per heavy atom. The van der Waals surface area contributed by atoms with Gasteiger partial charge in [0.1, 0.15) is 5.82 Å². The second-order valence-electron chi connectivity index (χ2n) is 15.9. The second kappa shape index (κ2) is 14.5. The molecule has 0 fully saturated rings. The van der Waals surface area contributed by atoms with Crippen LogP contribution in [-0.2, 0) is 26.5 Å². The number of hydrogen-bond donors (Lipinski definition) is 0. The van der Waals surface area contributed by atoms with E-state index in [4.69, 9.17) is 13.8 Å². The van der Waals surface area contributed by atoms with Crippen LogP contribution in [0.25, 0.3) is 66.2 Å². The fraction of sp³-hybridized carbons (Fsp3) is 0.0943. The van der Waals surface area contributed by atoms with Gasteiger partial charge >= 0.3 is 0 Å². The molecule has 0 N–H and O–H groups in total. The van der Waals surface area contributed by atoms with E-state index in [1.807, 2.05) is 97.2 Å². The Hall–Kier alpha value is -6.75. The molecule has 10 aromatic rings. The molecule has 294 valence electrons. The van der Waals surface area contributed by atoms with Crippen molar-refractivity contribution in [2.24, 2.45) is 0 Å². The molecule has 60 heavy (non-hydrogen) atoms. The molecule has 0 saturated heterocycles. The zero-order chi connectivity index (χ0) is 42.3. The van der Waals surface area contributed by atoms with Crippen LogP contribution in [0.5, 0.6) is 11.5 Å². The van der Waals surface area contributed by atoms with Crippen LogP contribution < -0.4 is 9.64 Å². The maximum absolute atomic E-state index is 8.98. The molecule has 0 radical (unpaired) electrons. The average Bonchev–Trinajstić information content (AvgIpc) is 3.79. The van der Waals surface area contributed by atoms with Crippen molar-refractivity contribution >= 4 is 67.0 Å². The monoisotopic (exact) mass is 959 g/mol. The van der Waals surface area contributed by atoms with E-state index in [1.54, 1.807) is 4.90 Å². The van der Waals surface area contributed by atoms with E-state index in [2.05, 4.69) is 115 Å². The van der Waals surface area contributed by atoms with Gasteiger partial charge in [-0.05, 0) is 52.3 Å². The summed E-state index contributed by atoms with van der Waals surface area (Å²) in [5.41, 5.74) is 9.26. The Balaban J connectivity index is 0.00000471. The Morgan fingerprint density at radius 1 is 0.617 bits per heavy atom. The van der Waals surface area contributed by atoms with Crippen LogP contribution in [0.3, 0.4) is 0 Å². The van der Waals surface area contributed by atoms with Gasteiger partial charge in [0, 0.05) is 60.6 Å². The molecule has 11 rings (SSSR count). The largest absolute Gasteiger partial charge is 0.510 e. The fourth-order valence-corrected chi connectivity index (χ4v) is 8.54. The molecule has 7 aromatic carbocycles. The SMILES string of the molecule is [2H]C([2H])([2H])[N+]1=[C-]N(c2[c-]c(Oc3[c-]c4c(cc3)c3ccccc3n4-c3cc(C(C)(C)C)ccn3)ccc2)c2ccccc2-c2ccccc2-n2c3ccccc3c3cccc1c32.[Pt]. The smallest absolute Gasteiger partial charge is 0.243 e. The predicted molar refractivity (Wildman–Crippen MR) is 241 cm³/mol. The molecule has 0 bridgehead atoms. The van der Waals surface area contributed by atoms with Crippen molar-refractivity contribution in [2.45, 2.75) is 26.2 Å². The molecule has 7 heteroatoms. The van der Waals surface area contributed by atoms with E-state index in [-0.39, 0.29) is 26.5 Å². The Bertz CT molecular complexity index is 3450. The number of nitrogens with zero attached hydrogens (tertiary/aromatic N) is 5. The number of para-hydroxylation sites is 5. The normalized spacial score (nSPS) is 13.6. The molecule has 0 unspecified atom stereocenters. The fourth-order valence-electron chi connectivity index (χ4n) is 8.54. The predicted octanol–water partition coefficient (Wildman–Crippen LogP) is 13.0.